The number of allylic oxidation sites excluding steroid dienone is 1. The molecule has 3 aromatic rings. The van der Waals surface area contributed by atoms with Gasteiger partial charge in [0.15, 0.2) is 12.3 Å². The molecule has 16 heteroatoms. The molecular formula is C37H39BF4N4O6S. The van der Waals surface area contributed by atoms with Crippen molar-refractivity contribution in [1.29, 1.82) is 0 Å². The number of nitrogens with one attached hydrogen (secondary N) is 1. The molecule has 3 aliphatic heterocycles. The van der Waals surface area contributed by atoms with Crippen LogP contribution in [0.15, 0.2) is 108 Å². The molecule has 3 aliphatic rings. The number of esters is 1. The molecule has 2 aromatic carbocycles. The predicted octanol–water partition coefficient (Wildman–Crippen LogP) is 5.87. The minimum Gasteiger partial charge on any atom is -0.448 e. The third kappa shape index (κ3) is 10.1. The van der Waals surface area contributed by atoms with E-state index in [1.54, 1.807) is 31.7 Å². The highest BCUT2D eigenvalue weighted by molar-refractivity contribution is 8.00. The zero-order chi connectivity index (χ0) is 38.5. The maximum atomic E-state index is 14.3. The van der Waals surface area contributed by atoms with Crippen LogP contribution >= 0.6 is 11.8 Å². The van der Waals surface area contributed by atoms with Gasteiger partial charge >= 0.3 is 19.3 Å². The lowest BCUT2D eigenvalue weighted by molar-refractivity contribution is -0.680. The summed E-state index contributed by atoms with van der Waals surface area (Å²) in [6.07, 6.45) is 2.74. The summed E-state index contributed by atoms with van der Waals surface area (Å²) in [5, 5.41) is 2.13. The fourth-order valence-corrected chi connectivity index (χ4v) is 7.31. The van der Waals surface area contributed by atoms with E-state index in [1.165, 1.54) is 16.7 Å². The monoisotopic (exact) mass is 754 g/mol. The van der Waals surface area contributed by atoms with Crippen LogP contribution in [0.25, 0.3) is 0 Å². The molecule has 0 saturated carbocycles. The number of carbonyl (C=O) groups excluding carboxylic acids is 4. The van der Waals surface area contributed by atoms with Gasteiger partial charge in [-0.1, -0.05) is 66.7 Å². The number of pyridine rings is 1. The van der Waals surface area contributed by atoms with E-state index in [1.807, 2.05) is 96.7 Å². The Morgan fingerprint density at radius 3 is 2.13 bits per heavy atom. The number of ether oxygens (including phenoxy) is 2. The van der Waals surface area contributed by atoms with Crippen molar-refractivity contribution < 1.29 is 50.5 Å². The number of likely N-dealkylation sites (tertiary alicyclic amines) is 1. The maximum absolute atomic E-state index is 14.3. The SMILES string of the molecule is C[n+]1ccccc1CN1CCC(=CC2=C(C(=O)OC(c3ccccc3)c3ccccc3)N3C(=O)C(NC(=O)OC(C)(C)C)C3SC2)C1=O.F[B-](F)(F)F. The number of aryl methyl sites for hydroxylation is 1. The molecule has 4 heterocycles. The van der Waals surface area contributed by atoms with Crippen LogP contribution in [0.5, 0.6) is 0 Å². The van der Waals surface area contributed by atoms with Crippen molar-refractivity contribution in [1.82, 2.24) is 15.1 Å². The quantitative estimate of drug-likeness (QED) is 0.0767. The number of fused-ring (bicyclic) bond motifs is 1. The molecule has 2 fully saturated rings. The fraction of sp³-hybridized carbons (Fsp3) is 0.324. The normalized spacial score (nSPS) is 19.4. The third-order valence-electron chi connectivity index (χ3n) is 8.37. The van der Waals surface area contributed by atoms with Gasteiger partial charge in [0.05, 0.1) is 0 Å². The molecule has 280 valence electrons. The van der Waals surface area contributed by atoms with Crippen molar-refractivity contribution in [2.24, 2.45) is 7.05 Å². The first-order valence-corrected chi connectivity index (χ1v) is 17.8. The molecular weight excluding hydrogens is 715 g/mol. The van der Waals surface area contributed by atoms with E-state index in [0.717, 1.165) is 16.8 Å². The second-order valence-electron chi connectivity index (χ2n) is 13.5. The number of hydrogen-bond acceptors (Lipinski definition) is 7. The topological polar surface area (TPSA) is 109 Å². The van der Waals surface area contributed by atoms with E-state index in [4.69, 9.17) is 9.47 Å². The molecule has 0 aliphatic carbocycles. The summed E-state index contributed by atoms with van der Waals surface area (Å²) < 4.78 is 52.6. The van der Waals surface area contributed by atoms with Gasteiger partial charge < -0.3 is 37.0 Å². The Morgan fingerprint density at radius 1 is 0.981 bits per heavy atom. The highest BCUT2D eigenvalue weighted by Crippen LogP contribution is 2.42. The van der Waals surface area contributed by atoms with Gasteiger partial charge in [0.2, 0.25) is 11.6 Å². The standard InChI is InChI=1S/C37H38N4O6S.BF4/c1-37(2,3)47-36(45)38-29-33(43)41-30(35(44)46-31(24-13-7-5-8-14-24)25-15-9-6-10-16-25)27(23-48-34(29)41)21-26-18-20-40(32(26)42)22-28-17-11-12-19-39(28)4;2-1(3,4)5/h5-17,19,21,29,31,34H,18,20,22-23H2,1-4H3;/q;-1/p+1. The van der Waals surface area contributed by atoms with E-state index in [2.05, 4.69) is 5.32 Å². The number of halogens is 4. The van der Waals surface area contributed by atoms with Crippen LogP contribution in [0.3, 0.4) is 0 Å². The number of benzene rings is 2. The van der Waals surface area contributed by atoms with E-state index < -0.39 is 48.3 Å². The summed E-state index contributed by atoms with van der Waals surface area (Å²) in [5.41, 5.74) is 2.97. The van der Waals surface area contributed by atoms with E-state index in [9.17, 15) is 36.4 Å². The lowest BCUT2D eigenvalue weighted by atomic mass is 10.00. The Kier molecular flexibility index (Phi) is 12.0. The number of thioether (sulfide) groups is 1. The molecule has 2 unspecified atom stereocenters. The van der Waals surface area contributed by atoms with Crippen LogP contribution in [0.2, 0.25) is 0 Å². The van der Waals surface area contributed by atoms with Crippen LogP contribution in [0.1, 0.15) is 50.1 Å². The Bertz CT molecular complexity index is 1860. The van der Waals surface area contributed by atoms with Gasteiger partial charge in [-0.05, 0) is 50.0 Å². The van der Waals surface area contributed by atoms with E-state index in [0.29, 0.717) is 36.4 Å². The number of aromatic nitrogens is 1. The van der Waals surface area contributed by atoms with Crippen molar-refractivity contribution in [2.45, 2.75) is 56.9 Å². The number of hydrogen-bond donors (Lipinski definition) is 1. The number of rotatable bonds is 8. The average Bonchev–Trinajstić information content (AvgIpc) is 3.43. The highest BCUT2D eigenvalue weighted by atomic mass is 32.2. The lowest BCUT2D eigenvalue weighted by Gasteiger charge is -2.49. The summed E-state index contributed by atoms with van der Waals surface area (Å²) >= 11 is 1.41. The zero-order valence-electron chi connectivity index (χ0n) is 29.5. The van der Waals surface area contributed by atoms with E-state index >= 15 is 0 Å². The predicted molar refractivity (Wildman–Crippen MR) is 190 cm³/mol. The van der Waals surface area contributed by atoms with Crippen molar-refractivity contribution >= 4 is 42.9 Å². The number of carbonyl (C=O) groups is 4. The molecule has 6 rings (SSSR count). The Morgan fingerprint density at radius 2 is 1.57 bits per heavy atom. The molecule has 0 spiro atoms. The third-order valence-corrected chi connectivity index (χ3v) is 9.67. The summed E-state index contributed by atoms with van der Waals surface area (Å²) in [4.78, 5) is 57.3. The summed E-state index contributed by atoms with van der Waals surface area (Å²) in [6, 6.07) is 23.8. The molecule has 2 saturated heterocycles. The van der Waals surface area contributed by atoms with Crippen LogP contribution < -0.4 is 9.88 Å². The van der Waals surface area contributed by atoms with Crippen LogP contribution in [-0.2, 0) is 37.4 Å². The smallest absolute Gasteiger partial charge is 0.448 e. The second-order valence-corrected chi connectivity index (χ2v) is 14.6. The summed E-state index contributed by atoms with van der Waals surface area (Å²) in [7, 11) is -4.06. The molecule has 2 atom stereocenters. The first kappa shape index (κ1) is 39.1. The summed E-state index contributed by atoms with van der Waals surface area (Å²) in [6.45, 7) is 6.23. The first-order chi connectivity index (χ1) is 25.0. The molecule has 10 nitrogen and oxygen atoms in total. The minimum atomic E-state index is -6.00. The number of β-lactam (4-membered cyclic amide) rings is 1. The zero-order valence-corrected chi connectivity index (χ0v) is 30.3. The van der Waals surface area contributed by atoms with Gasteiger partial charge in [0.25, 0.3) is 5.91 Å². The molecule has 0 radical (unpaired) electrons. The number of nitrogens with zero attached hydrogens (tertiary/aromatic N) is 3. The molecule has 1 N–H and O–H groups in total. The van der Waals surface area contributed by atoms with Crippen molar-refractivity contribution in [3.63, 3.8) is 0 Å². The van der Waals surface area contributed by atoms with Crippen molar-refractivity contribution in [3.8, 4) is 0 Å². The number of alkyl carbamates (subject to hydrolysis) is 1. The van der Waals surface area contributed by atoms with Gasteiger partial charge in [-0.3, -0.25) is 14.5 Å². The molecule has 0 bridgehead atoms. The van der Waals surface area contributed by atoms with Gasteiger partial charge in [-0.2, -0.15) is 0 Å². The van der Waals surface area contributed by atoms with Gasteiger partial charge in [0.1, 0.15) is 36.3 Å². The molecule has 3 amide bonds. The van der Waals surface area contributed by atoms with Gasteiger partial charge in [0, 0.05) is 30.0 Å². The largest absolute Gasteiger partial charge is 0.673 e. The van der Waals surface area contributed by atoms with Crippen LogP contribution in [-0.4, -0.2) is 70.2 Å². The Hall–Kier alpha value is -5.12. The van der Waals surface area contributed by atoms with Crippen molar-refractivity contribution in [2.75, 3.05) is 12.3 Å². The van der Waals surface area contributed by atoms with Crippen molar-refractivity contribution in [3.05, 3.63) is 125 Å². The lowest BCUT2D eigenvalue weighted by Crippen LogP contribution is -2.70. The molecule has 53 heavy (non-hydrogen) atoms. The maximum Gasteiger partial charge on any atom is 0.673 e. The Balaban J connectivity index is 0.00000101. The van der Waals surface area contributed by atoms with E-state index in [-0.39, 0.29) is 11.6 Å². The average molecular weight is 755 g/mol. The molecule has 1 aromatic heterocycles. The van der Waals surface area contributed by atoms with Crippen LogP contribution in [0, 0.1) is 0 Å². The fourth-order valence-electron chi connectivity index (χ4n) is 6.01. The van der Waals surface area contributed by atoms with Crippen LogP contribution in [0.4, 0.5) is 22.1 Å². The highest BCUT2D eigenvalue weighted by Gasteiger charge is 2.55. The van der Waals surface area contributed by atoms with Gasteiger partial charge in [-0.25, -0.2) is 14.2 Å². The number of amides is 3. The minimum absolute atomic E-state index is 0.0797. The Labute approximate surface area is 308 Å². The second kappa shape index (κ2) is 16.3. The first-order valence-electron chi connectivity index (χ1n) is 16.8. The van der Waals surface area contributed by atoms with Gasteiger partial charge in [-0.15, -0.1) is 11.8 Å². The summed E-state index contributed by atoms with van der Waals surface area (Å²) in [5.74, 6) is -0.922.